The minimum absolute atomic E-state index is 0.0577. The van der Waals surface area contributed by atoms with Gasteiger partial charge in [-0.1, -0.05) is 0 Å². The number of aryl methyl sites for hydroxylation is 1. The molecule has 0 radical (unpaired) electrons. The van der Waals surface area contributed by atoms with Crippen LogP contribution in [0.4, 0.5) is 0 Å². The minimum Gasteiger partial charge on any atom is -0.384 e. The summed E-state index contributed by atoms with van der Waals surface area (Å²) in [6.45, 7) is 1.90. The molecular formula is C12H17ClN2O4S. The fourth-order valence-corrected chi connectivity index (χ4v) is 3.22. The van der Waals surface area contributed by atoms with E-state index in [4.69, 9.17) is 15.4 Å². The molecule has 0 N–H and O–H groups in total. The highest BCUT2D eigenvalue weighted by atomic mass is 35.7. The first-order valence-electron chi connectivity index (χ1n) is 6.22. The largest absolute Gasteiger partial charge is 0.384 e. The summed E-state index contributed by atoms with van der Waals surface area (Å²) in [4.78, 5) is 14.0. The van der Waals surface area contributed by atoms with Gasteiger partial charge in [0.1, 0.15) is 10.6 Å². The second-order valence-corrected chi connectivity index (χ2v) is 7.54. The van der Waals surface area contributed by atoms with E-state index in [2.05, 4.69) is 0 Å². The van der Waals surface area contributed by atoms with Crippen LogP contribution in [0.2, 0.25) is 0 Å². The van der Waals surface area contributed by atoms with Crippen molar-refractivity contribution in [3.63, 3.8) is 0 Å². The molecule has 0 aromatic carbocycles. The van der Waals surface area contributed by atoms with Gasteiger partial charge in [0.2, 0.25) is 0 Å². The van der Waals surface area contributed by atoms with Crippen molar-refractivity contribution < 1.29 is 17.9 Å². The quantitative estimate of drug-likeness (QED) is 0.778. The Hall–Kier alpha value is -1.05. The summed E-state index contributed by atoms with van der Waals surface area (Å²) in [5.41, 5.74) is 0.322. The van der Waals surface area contributed by atoms with E-state index in [0.29, 0.717) is 31.3 Å². The zero-order valence-corrected chi connectivity index (χ0v) is 12.9. The Morgan fingerprint density at radius 1 is 1.55 bits per heavy atom. The number of hydrogen-bond donors (Lipinski definition) is 0. The zero-order chi connectivity index (χ0) is 14.9. The molecule has 1 aliphatic heterocycles. The molecule has 0 bridgehead atoms. The molecule has 1 unspecified atom stereocenters. The van der Waals surface area contributed by atoms with Crippen LogP contribution in [-0.2, 0) is 20.8 Å². The molecule has 0 spiro atoms. The van der Waals surface area contributed by atoms with Crippen molar-refractivity contribution >= 4 is 25.6 Å². The second-order valence-electron chi connectivity index (χ2n) is 4.97. The Labute approximate surface area is 122 Å². The molecule has 1 aliphatic rings. The summed E-state index contributed by atoms with van der Waals surface area (Å²) in [7, 11) is 4.73. The van der Waals surface area contributed by atoms with Crippen molar-refractivity contribution in [2.45, 2.75) is 11.3 Å². The van der Waals surface area contributed by atoms with Crippen LogP contribution < -0.4 is 0 Å². The van der Waals surface area contributed by atoms with Gasteiger partial charge in [-0.15, -0.1) is 0 Å². The SMILES string of the molecule is COCC1CCN(C(=O)c2cc(S(=O)(=O)Cl)cn2C)C1. The topological polar surface area (TPSA) is 68.6 Å². The average Bonchev–Trinajstić information content (AvgIpc) is 2.95. The maximum Gasteiger partial charge on any atom is 0.270 e. The van der Waals surface area contributed by atoms with E-state index in [0.717, 1.165) is 6.42 Å². The van der Waals surface area contributed by atoms with Crippen LogP contribution in [-0.4, -0.2) is 50.6 Å². The molecule has 2 heterocycles. The number of rotatable bonds is 4. The van der Waals surface area contributed by atoms with E-state index in [1.165, 1.54) is 16.8 Å². The lowest BCUT2D eigenvalue weighted by molar-refractivity contribution is 0.0766. The van der Waals surface area contributed by atoms with Crippen LogP contribution in [0.1, 0.15) is 16.9 Å². The molecular weight excluding hydrogens is 304 g/mol. The van der Waals surface area contributed by atoms with Gasteiger partial charge in [-0.05, 0) is 12.5 Å². The maximum atomic E-state index is 12.4. The van der Waals surface area contributed by atoms with E-state index < -0.39 is 9.05 Å². The van der Waals surface area contributed by atoms with Gasteiger partial charge in [-0.3, -0.25) is 4.79 Å². The fourth-order valence-electron chi connectivity index (χ4n) is 2.43. The van der Waals surface area contributed by atoms with Crippen molar-refractivity contribution in [1.82, 2.24) is 9.47 Å². The van der Waals surface area contributed by atoms with Gasteiger partial charge >= 0.3 is 0 Å². The van der Waals surface area contributed by atoms with Crippen LogP contribution >= 0.6 is 10.7 Å². The second kappa shape index (κ2) is 5.75. The van der Waals surface area contributed by atoms with Gasteiger partial charge < -0.3 is 14.2 Å². The number of methoxy groups -OCH3 is 1. The molecule has 1 aromatic rings. The van der Waals surface area contributed by atoms with Crippen molar-refractivity contribution in [2.24, 2.45) is 13.0 Å². The lowest BCUT2D eigenvalue weighted by atomic mass is 10.1. The first kappa shape index (κ1) is 15.3. The summed E-state index contributed by atoms with van der Waals surface area (Å²) in [5.74, 6) is 0.151. The summed E-state index contributed by atoms with van der Waals surface area (Å²) in [5, 5.41) is 0. The first-order chi connectivity index (χ1) is 9.32. The number of nitrogens with zero attached hydrogens (tertiary/aromatic N) is 2. The molecule has 1 amide bonds. The lowest BCUT2D eigenvalue weighted by Gasteiger charge is -2.16. The Morgan fingerprint density at radius 2 is 2.25 bits per heavy atom. The average molecular weight is 321 g/mol. The fraction of sp³-hybridized carbons (Fsp3) is 0.583. The third kappa shape index (κ3) is 3.16. The zero-order valence-electron chi connectivity index (χ0n) is 11.4. The van der Waals surface area contributed by atoms with Crippen LogP contribution in [0.3, 0.4) is 0 Å². The van der Waals surface area contributed by atoms with Crippen molar-refractivity contribution in [2.75, 3.05) is 26.8 Å². The molecule has 0 saturated carbocycles. The van der Waals surface area contributed by atoms with E-state index in [1.807, 2.05) is 0 Å². The summed E-state index contributed by atoms with van der Waals surface area (Å²) in [6, 6.07) is 1.31. The first-order valence-corrected chi connectivity index (χ1v) is 8.53. The molecule has 20 heavy (non-hydrogen) atoms. The predicted octanol–water partition coefficient (Wildman–Crippen LogP) is 1.06. The number of hydrogen-bond acceptors (Lipinski definition) is 4. The number of carbonyl (C=O) groups is 1. The van der Waals surface area contributed by atoms with E-state index >= 15 is 0 Å². The van der Waals surface area contributed by atoms with Gasteiger partial charge in [0, 0.05) is 50.0 Å². The van der Waals surface area contributed by atoms with Gasteiger partial charge in [0.05, 0.1) is 6.61 Å². The Balaban J connectivity index is 2.16. The highest BCUT2D eigenvalue weighted by Crippen LogP contribution is 2.22. The summed E-state index contributed by atoms with van der Waals surface area (Å²) in [6.07, 6.45) is 2.24. The van der Waals surface area contributed by atoms with Gasteiger partial charge in [-0.25, -0.2) is 8.42 Å². The molecule has 1 saturated heterocycles. The number of amides is 1. The molecule has 0 aliphatic carbocycles. The lowest BCUT2D eigenvalue weighted by Crippen LogP contribution is -2.30. The van der Waals surface area contributed by atoms with Gasteiger partial charge in [-0.2, -0.15) is 0 Å². The number of halogens is 1. The molecule has 1 aromatic heterocycles. The third-order valence-electron chi connectivity index (χ3n) is 3.46. The number of ether oxygens (including phenoxy) is 1. The molecule has 1 fully saturated rings. The standard InChI is InChI=1S/C12H17ClN2O4S/c1-14-7-10(20(13,17)18)5-11(14)12(16)15-4-3-9(6-15)8-19-2/h5,7,9H,3-4,6,8H2,1-2H3. The number of likely N-dealkylation sites (tertiary alicyclic amines) is 1. The molecule has 112 valence electrons. The molecule has 6 nitrogen and oxygen atoms in total. The third-order valence-corrected chi connectivity index (χ3v) is 4.78. The van der Waals surface area contributed by atoms with Crippen LogP contribution in [0.25, 0.3) is 0 Å². The highest BCUT2D eigenvalue weighted by Gasteiger charge is 2.29. The van der Waals surface area contributed by atoms with Gasteiger partial charge in [0.15, 0.2) is 0 Å². The monoisotopic (exact) mass is 320 g/mol. The Bertz CT molecular complexity index is 611. The summed E-state index contributed by atoms with van der Waals surface area (Å²) < 4.78 is 29.2. The molecule has 8 heteroatoms. The van der Waals surface area contributed by atoms with Crippen LogP contribution in [0.5, 0.6) is 0 Å². The van der Waals surface area contributed by atoms with E-state index in [-0.39, 0.29) is 10.8 Å². The van der Waals surface area contributed by atoms with E-state index in [1.54, 1.807) is 19.1 Å². The van der Waals surface area contributed by atoms with E-state index in [9.17, 15) is 13.2 Å². The van der Waals surface area contributed by atoms with Crippen molar-refractivity contribution in [3.05, 3.63) is 18.0 Å². The van der Waals surface area contributed by atoms with Crippen molar-refractivity contribution in [3.8, 4) is 0 Å². The predicted molar refractivity (Wildman–Crippen MR) is 74.3 cm³/mol. The molecule has 1 atom stereocenters. The Morgan fingerprint density at radius 3 is 2.80 bits per heavy atom. The van der Waals surface area contributed by atoms with Crippen LogP contribution in [0.15, 0.2) is 17.2 Å². The normalized spacial score (nSPS) is 19.6. The minimum atomic E-state index is -3.82. The van der Waals surface area contributed by atoms with Crippen LogP contribution in [0, 0.1) is 5.92 Å². The Kier molecular flexibility index (Phi) is 4.41. The smallest absolute Gasteiger partial charge is 0.270 e. The summed E-state index contributed by atoms with van der Waals surface area (Å²) >= 11 is 0. The molecule has 2 rings (SSSR count). The maximum absolute atomic E-state index is 12.4. The van der Waals surface area contributed by atoms with Crippen molar-refractivity contribution in [1.29, 1.82) is 0 Å². The highest BCUT2D eigenvalue weighted by molar-refractivity contribution is 8.13. The van der Waals surface area contributed by atoms with Gasteiger partial charge in [0.25, 0.3) is 15.0 Å². The number of aromatic nitrogens is 1. The number of carbonyl (C=O) groups excluding carboxylic acids is 1.